The molecule has 0 atom stereocenters. The number of aryl methyl sites for hydroxylation is 1. The van der Waals surface area contributed by atoms with E-state index < -0.39 is 0 Å². The zero-order valence-electron chi connectivity index (χ0n) is 12.3. The van der Waals surface area contributed by atoms with Gasteiger partial charge in [-0.15, -0.1) is 0 Å². The Balaban J connectivity index is 1.97. The fraction of sp³-hybridized carbons (Fsp3) is 0.235. The van der Waals surface area contributed by atoms with Gasteiger partial charge in [-0.1, -0.05) is 42.8 Å². The van der Waals surface area contributed by atoms with Crippen molar-refractivity contribution in [1.82, 2.24) is 4.90 Å². The molecule has 0 fully saturated rings. The minimum atomic E-state index is 0.707. The summed E-state index contributed by atoms with van der Waals surface area (Å²) in [5.74, 6) is 0. The summed E-state index contributed by atoms with van der Waals surface area (Å²) < 4.78 is 0. The number of thiocarbonyl (C=S) groups is 1. The first-order chi connectivity index (χ1) is 10.1. The van der Waals surface area contributed by atoms with Gasteiger partial charge in [0.25, 0.3) is 0 Å². The largest absolute Gasteiger partial charge is 0.348 e. The zero-order valence-corrected chi connectivity index (χ0v) is 13.8. The molecular weight excluding hydrogens is 300 g/mol. The molecule has 2 aromatic rings. The lowest BCUT2D eigenvalue weighted by atomic mass is 10.1. The van der Waals surface area contributed by atoms with Crippen molar-refractivity contribution in [2.75, 3.05) is 12.4 Å². The second-order valence-electron chi connectivity index (χ2n) is 4.97. The standard InChI is InChI=1S/C17H19ClN2S/c1-3-13-5-4-6-16(11-13)19-17(21)20(2)12-14-7-9-15(18)10-8-14/h4-11H,3,12H2,1-2H3,(H,19,21). The zero-order chi connectivity index (χ0) is 15.2. The van der Waals surface area contributed by atoms with E-state index in [0.29, 0.717) is 5.11 Å². The van der Waals surface area contributed by atoms with Crippen LogP contribution in [-0.4, -0.2) is 17.1 Å². The van der Waals surface area contributed by atoms with Crippen molar-refractivity contribution < 1.29 is 0 Å². The van der Waals surface area contributed by atoms with Gasteiger partial charge >= 0.3 is 0 Å². The number of hydrogen-bond donors (Lipinski definition) is 1. The van der Waals surface area contributed by atoms with Crippen LogP contribution in [0.1, 0.15) is 18.1 Å². The summed E-state index contributed by atoms with van der Waals surface area (Å²) in [7, 11) is 1.98. The van der Waals surface area contributed by atoms with Crippen LogP contribution >= 0.6 is 23.8 Å². The Kier molecular flexibility index (Phi) is 5.59. The first-order valence-corrected chi connectivity index (χ1v) is 7.72. The molecule has 21 heavy (non-hydrogen) atoms. The van der Waals surface area contributed by atoms with Gasteiger partial charge in [0.15, 0.2) is 5.11 Å². The predicted octanol–water partition coefficient (Wildman–Crippen LogP) is 4.73. The van der Waals surface area contributed by atoms with Gasteiger partial charge in [0.1, 0.15) is 0 Å². The van der Waals surface area contributed by atoms with Crippen molar-refractivity contribution in [3.05, 3.63) is 64.7 Å². The molecule has 0 saturated heterocycles. The van der Waals surface area contributed by atoms with Crippen molar-refractivity contribution in [1.29, 1.82) is 0 Å². The Morgan fingerprint density at radius 3 is 2.52 bits per heavy atom. The van der Waals surface area contributed by atoms with Crippen LogP contribution in [0.4, 0.5) is 5.69 Å². The maximum Gasteiger partial charge on any atom is 0.173 e. The summed E-state index contributed by atoms with van der Waals surface area (Å²) in [4.78, 5) is 2.01. The number of anilines is 1. The molecule has 0 saturated carbocycles. The molecule has 0 radical (unpaired) electrons. The fourth-order valence-electron chi connectivity index (χ4n) is 2.02. The fourth-order valence-corrected chi connectivity index (χ4v) is 2.33. The van der Waals surface area contributed by atoms with E-state index in [-0.39, 0.29) is 0 Å². The molecule has 0 spiro atoms. The van der Waals surface area contributed by atoms with E-state index in [1.807, 2.05) is 48.3 Å². The molecule has 110 valence electrons. The van der Waals surface area contributed by atoms with E-state index in [1.165, 1.54) is 11.1 Å². The third-order valence-electron chi connectivity index (χ3n) is 3.27. The van der Waals surface area contributed by atoms with Gasteiger partial charge in [-0.2, -0.15) is 0 Å². The molecule has 1 N–H and O–H groups in total. The summed E-state index contributed by atoms with van der Waals surface area (Å²) in [5, 5.41) is 4.73. The Hall–Kier alpha value is -1.58. The number of hydrogen-bond acceptors (Lipinski definition) is 1. The van der Waals surface area contributed by atoms with Crippen LogP contribution in [0.15, 0.2) is 48.5 Å². The van der Waals surface area contributed by atoms with Crippen LogP contribution in [0.2, 0.25) is 5.02 Å². The van der Waals surface area contributed by atoms with Gasteiger partial charge in [-0.3, -0.25) is 0 Å². The van der Waals surface area contributed by atoms with E-state index >= 15 is 0 Å². The molecule has 2 nitrogen and oxygen atoms in total. The van der Waals surface area contributed by atoms with E-state index in [9.17, 15) is 0 Å². The first-order valence-electron chi connectivity index (χ1n) is 6.94. The molecule has 2 rings (SSSR count). The number of nitrogens with zero attached hydrogens (tertiary/aromatic N) is 1. The van der Waals surface area contributed by atoms with Crippen molar-refractivity contribution >= 4 is 34.6 Å². The Morgan fingerprint density at radius 1 is 1.14 bits per heavy atom. The van der Waals surface area contributed by atoms with Crippen LogP contribution in [0.25, 0.3) is 0 Å². The summed E-state index contributed by atoms with van der Waals surface area (Å²) in [5.41, 5.74) is 3.50. The van der Waals surface area contributed by atoms with Gasteiger partial charge in [0.2, 0.25) is 0 Å². The summed E-state index contributed by atoms with van der Waals surface area (Å²) in [6.45, 7) is 2.89. The molecule has 0 aliphatic heterocycles. The number of benzene rings is 2. The van der Waals surface area contributed by atoms with Crippen molar-refractivity contribution in [2.45, 2.75) is 19.9 Å². The molecule has 0 aliphatic rings. The number of nitrogens with one attached hydrogen (secondary N) is 1. The molecule has 0 bridgehead atoms. The Bertz CT molecular complexity index is 610. The molecule has 2 aromatic carbocycles. The topological polar surface area (TPSA) is 15.3 Å². The van der Waals surface area contributed by atoms with Gasteiger partial charge in [-0.05, 0) is 54.0 Å². The lowest BCUT2D eigenvalue weighted by molar-refractivity contribution is 0.508. The average molecular weight is 319 g/mol. The van der Waals surface area contributed by atoms with E-state index in [1.54, 1.807) is 0 Å². The van der Waals surface area contributed by atoms with E-state index in [4.69, 9.17) is 23.8 Å². The minimum Gasteiger partial charge on any atom is -0.348 e. The third-order valence-corrected chi connectivity index (χ3v) is 3.93. The minimum absolute atomic E-state index is 0.707. The highest BCUT2D eigenvalue weighted by atomic mass is 35.5. The predicted molar refractivity (Wildman–Crippen MR) is 95.0 cm³/mol. The molecule has 0 amide bonds. The monoisotopic (exact) mass is 318 g/mol. The maximum absolute atomic E-state index is 5.89. The molecule has 0 unspecified atom stereocenters. The van der Waals surface area contributed by atoms with E-state index in [2.05, 4.69) is 24.4 Å². The third kappa shape index (κ3) is 4.73. The highest BCUT2D eigenvalue weighted by Gasteiger charge is 2.06. The van der Waals surface area contributed by atoms with Gasteiger partial charge in [-0.25, -0.2) is 0 Å². The Morgan fingerprint density at radius 2 is 1.86 bits per heavy atom. The normalized spacial score (nSPS) is 10.2. The summed E-state index contributed by atoms with van der Waals surface area (Å²) in [6, 6.07) is 16.1. The second-order valence-corrected chi connectivity index (χ2v) is 5.79. The van der Waals surface area contributed by atoms with Crippen LogP contribution in [0.5, 0.6) is 0 Å². The SMILES string of the molecule is CCc1cccc(NC(=S)N(C)Cc2ccc(Cl)cc2)c1. The Labute approximate surface area is 136 Å². The van der Waals surface area contributed by atoms with Crippen LogP contribution in [-0.2, 0) is 13.0 Å². The second kappa shape index (κ2) is 7.43. The smallest absolute Gasteiger partial charge is 0.173 e. The molecule has 0 aliphatic carbocycles. The van der Waals surface area contributed by atoms with Gasteiger partial charge in [0, 0.05) is 24.3 Å². The number of rotatable bonds is 4. The maximum atomic E-state index is 5.89. The quantitative estimate of drug-likeness (QED) is 0.820. The van der Waals surface area contributed by atoms with Crippen LogP contribution < -0.4 is 5.32 Å². The molecular formula is C17H19ClN2S. The van der Waals surface area contributed by atoms with Crippen molar-refractivity contribution in [3.63, 3.8) is 0 Å². The van der Waals surface area contributed by atoms with Crippen LogP contribution in [0.3, 0.4) is 0 Å². The van der Waals surface area contributed by atoms with Crippen molar-refractivity contribution in [2.24, 2.45) is 0 Å². The van der Waals surface area contributed by atoms with E-state index in [0.717, 1.165) is 23.7 Å². The number of halogens is 1. The molecule has 0 aromatic heterocycles. The van der Waals surface area contributed by atoms with Gasteiger partial charge in [0.05, 0.1) is 0 Å². The lowest BCUT2D eigenvalue weighted by Crippen LogP contribution is -2.30. The summed E-state index contributed by atoms with van der Waals surface area (Å²) in [6.07, 6.45) is 1.02. The van der Waals surface area contributed by atoms with Gasteiger partial charge < -0.3 is 10.2 Å². The molecule has 4 heteroatoms. The van der Waals surface area contributed by atoms with Crippen LogP contribution in [0, 0.1) is 0 Å². The first kappa shape index (κ1) is 15.8. The highest BCUT2D eigenvalue weighted by Crippen LogP contribution is 2.14. The summed E-state index contributed by atoms with van der Waals surface area (Å²) >= 11 is 11.3. The average Bonchev–Trinajstić information content (AvgIpc) is 2.49. The highest BCUT2D eigenvalue weighted by molar-refractivity contribution is 7.80. The molecule has 0 heterocycles. The lowest BCUT2D eigenvalue weighted by Gasteiger charge is -2.21. The van der Waals surface area contributed by atoms with Crippen molar-refractivity contribution in [3.8, 4) is 0 Å².